The molecule has 0 radical (unpaired) electrons. The molecule has 1 heterocycles. The van der Waals surface area contributed by atoms with Crippen LogP contribution in [0.2, 0.25) is 0 Å². The first-order valence-corrected chi connectivity index (χ1v) is 5.22. The molecule has 1 aromatic carbocycles. The standard InChI is InChI=1S/C12H14O2/c1-13-10-6-5-8-3-2-4-9-7-14-12(10)11(8)9/h5-6,9H,2-4,7H2,1H3. The second-order valence-corrected chi connectivity index (χ2v) is 4.07. The summed E-state index contributed by atoms with van der Waals surface area (Å²) >= 11 is 0. The average Bonchev–Trinajstić information content (AvgIpc) is 2.66. The molecule has 0 bridgehead atoms. The highest BCUT2D eigenvalue weighted by atomic mass is 16.5. The van der Waals surface area contributed by atoms with Gasteiger partial charge in [-0.2, -0.15) is 0 Å². The third kappa shape index (κ3) is 0.969. The Morgan fingerprint density at radius 2 is 2.36 bits per heavy atom. The van der Waals surface area contributed by atoms with Crippen molar-refractivity contribution in [2.75, 3.05) is 13.7 Å². The Morgan fingerprint density at radius 1 is 1.43 bits per heavy atom. The summed E-state index contributed by atoms with van der Waals surface area (Å²) in [6, 6.07) is 4.22. The zero-order valence-electron chi connectivity index (χ0n) is 8.38. The van der Waals surface area contributed by atoms with E-state index in [1.54, 1.807) is 7.11 Å². The van der Waals surface area contributed by atoms with Crippen molar-refractivity contribution in [2.24, 2.45) is 0 Å². The van der Waals surface area contributed by atoms with E-state index < -0.39 is 0 Å². The molecule has 0 amide bonds. The first-order chi connectivity index (χ1) is 6.90. The molecule has 1 aromatic rings. The van der Waals surface area contributed by atoms with E-state index in [0.717, 1.165) is 18.1 Å². The predicted molar refractivity (Wildman–Crippen MR) is 54.2 cm³/mol. The van der Waals surface area contributed by atoms with E-state index in [2.05, 4.69) is 6.07 Å². The molecule has 0 saturated carbocycles. The maximum absolute atomic E-state index is 5.72. The number of methoxy groups -OCH3 is 1. The summed E-state index contributed by atoms with van der Waals surface area (Å²) in [4.78, 5) is 0. The minimum absolute atomic E-state index is 0.629. The van der Waals surface area contributed by atoms with Crippen molar-refractivity contribution in [3.8, 4) is 11.5 Å². The number of hydrogen-bond acceptors (Lipinski definition) is 2. The number of rotatable bonds is 1. The van der Waals surface area contributed by atoms with Crippen molar-refractivity contribution in [1.82, 2.24) is 0 Å². The fraction of sp³-hybridized carbons (Fsp3) is 0.500. The van der Waals surface area contributed by atoms with Gasteiger partial charge in [0.1, 0.15) is 0 Å². The van der Waals surface area contributed by atoms with Gasteiger partial charge in [0, 0.05) is 11.5 Å². The van der Waals surface area contributed by atoms with Crippen LogP contribution in [0.25, 0.3) is 0 Å². The monoisotopic (exact) mass is 190 g/mol. The van der Waals surface area contributed by atoms with Crippen LogP contribution in [0.15, 0.2) is 12.1 Å². The molecular weight excluding hydrogens is 176 g/mol. The van der Waals surface area contributed by atoms with Gasteiger partial charge in [-0.05, 0) is 30.9 Å². The van der Waals surface area contributed by atoms with E-state index in [1.807, 2.05) is 6.07 Å². The second-order valence-electron chi connectivity index (χ2n) is 4.07. The lowest BCUT2D eigenvalue weighted by Gasteiger charge is -2.19. The first kappa shape index (κ1) is 8.16. The van der Waals surface area contributed by atoms with Crippen LogP contribution in [0, 0.1) is 0 Å². The number of benzene rings is 1. The largest absolute Gasteiger partial charge is 0.493 e. The zero-order chi connectivity index (χ0) is 9.54. The number of aryl methyl sites for hydroxylation is 1. The molecule has 14 heavy (non-hydrogen) atoms. The maximum atomic E-state index is 5.72. The van der Waals surface area contributed by atoms with E-state index in [0.29, 0.717) is 5.92 Å². The Morgan fingerprint density at radius 3 is 3.21 bits per heavy atom. The van der Waals surface area contributed by atoms with E-state index in [9.17, 15) is 0 Å². The lowest BCUT2D eigenvalue weighted by atomic mass is 9.84. The summed E-state index contributed by atoms with van der Waals surface area (Å²) in [6.07, 6.45) is 3.77. The van der Waals surface area contributed by atoms with Gasteiger partial charge in [0.05, 0.1) is 13.7 Å². The lowest BCUT2D eigenvalue weighted by Crippen LogP contribution is -2.08. The van der Waals surface area contributed by atoms with Crippen LogP contribution in [-0.4, -0.2) is 13.7 Å². The SMILES string of the molecule is COc1ccc2c3c1OCC3CCC2. The Bertz CT molecular complexity index is 371. The van der Waals surface area contributed by atoms with Gasteiger partial charge in [0.15, 0.2) is 11.5 Å². The maximum Gasteiger partial charge on any atom is 0.165 e. The highest BCUT2D eigenvalue weighted by Gasteiger charge is 2.31. The van der Waals surface area contributed by atoms with E-state index >= 15 is 0 Å². The summed E-state index contributed by atoms with van der Waals surface area (Å²) in [5.41, 5.74) is 2.89. The quantitative estimate of drug-likeness (QED) is 0.677. The summed E-state index contributed by atoms with van der Waals surface area (Å²) in [6.45, 7) is 0.850. The number of ether oxygens (including phenoxy) is 2. The van der Waals surface area contributed by atoms with E-state index in [-0.39, 0.29) is 0 Å². The lowest BCUT2D eigenvalue weighted by molar-refractivity contribution is 0.304. The molecule has 0 saturated heterocycles. The topological polar surface area (TPSA) is 18.5 Å². The Hall–Kier alpha value is -1.18. The van der Waals surface area contributed by atoms with Crippen molar-refractivity contribution in [1.29, 1.82) is 0 Å². The smallest absolute Gasteiger partial charge is 0.165 e. The van der Waals surface area contributed by atoms with Crippen LogP contribution in [-0.2, 0) is 6.42 Å². The van der Waals surface area contributed by atoms with Crippen LogP contribution in [0.1, 0.15) is 29.9 Å². The Kier molecular flexibility index (Phi) is 1.69. The Balaban J connectivity index is 2.19. The molecular formula is C12H14O2. The van der Waals surface area contributed by atoms with Crippen molar-refractivity contribution >= 4 is 0 Å². The molecule has 1 aliphatic heterocycles. The average molecular weight is 190 g/mol. The molecule has 0 aromatic heterocycles. The Labute approximate surface area is 83.8 Å². The fourth-order valence-electron chi connectivity index (χ4n) is 2.63. The molecule has 2 aliphatic rings. The molecule has 0 N–H and O–H groups in total. The third-order valence-electron chi connectivity index (χ3n) is 3.31. The summed E-state index contributed by atoms with van der Waals surface area (Å²) < 4.78 is 11.0. The normalized spacial score (nSPS) is 22.8. The van der Waals surface area contributed by atoms with Gasteiger partial charge < -0.3 is 9.47 Å². The van der Waals surface area contributed by atoms with Crippen LogP contribution >= 0.6 is 0 Å². The molecule has 0 spiro atoms. The molecule has 2 heteroatoms. The van der Waals surface area contributed by atoms with Gasteiger partial charge in [-0.3, -0.25) is 0 Å². The van der Waals surface area contributed by atoms with Crippen molar-refractivity contribution in [2.45, 2.75) is 25.2 Å². The van der Waals surface area contributed by atoms with Crippen LogP contribution in [0.4, 0.5) is 0 Å². The molecule has 3 rings (SSSR count). The van der Waals surface area contributed by atoms with Crippen LogP contribution < -0.4 is 9.47 Å². The zero-order valence-corrected chi connectivity index (χ0v) is 8.38. The van der Waals surface area contributed by atoms with Crippen LogP contribution in [0.5, 0.6) is 11.5 Å². The van der Waals surface area contributed by atoms with Gasteiger partial charge in [-0.15, -0.1) is 0 Å². The molecule has 74 valence electrons. The molecule has 0 fully saturated rings. The predicted octanol–water partition coefficient (Wildman–Crippen LogP) is 2.51. The second kappa shape index (κ2) is 2.91. The third-order valence-corrected chi connectivity index (χ3v) is 3.31. The van der Waals surface area contributed by atoms with Gasteiger partial charge in [0.2, 0.25) is 0 Å². The van der Waals surface area contributed by atoms with Crippen molar-refractivity contribution < 1.29 is 9.47 Å². The van der Waals surface area contributed by atoms with Crippen LogP contribution in [0.3, 0.4) is 0 Å². The van der Waals surface area contributed by atoms with Gasteiger partial charge in [0.25, 0.3) is 0 Å². The van der Waals surface area contributed by atoms with Crippen molar-refractivity contribution in [3.05, 3.63) is 23.3 Å². The van der Waals surface area contributed by atoms with E-state index in [4.69, 9.17) is 9.47 Å². The minimum Gasteiger partial charge on any atom is -0.493 e. The van der Waals surface area contributed by atoms with Crippen molar-refractivity contribution in [3.63, 3.8) is 0 Å². The summed E-state index contributed by atoms with van der Waals surface area (Å²) in [5.74, 6) is 2.53. The molecule has 1 aliphatic carbocycles. The summed E-state index contributed by atoms with van der Waals surface area (Å²) in [7, 11) is 1.71. The van der Waals surface area contributed by atoms with Gasteiger partial charge in [-0.1, -0.05) is 6.07 Å². The fourth-order valence-corrected chi connectivity index (χ4v) is 2.63. The summed E-state index contributed by atoms with van der Waals surface area (Å²) in [5, 5.41) is 0. The minimum atomic E-state index is 0.629. The molecule has 1 unspecified atom stereocenters. The highest BCUT2D eigenvalue weighted by Crippen LogP contribution is 2.47. The molecule has 1 atom stereocenters. The van der Waals surface area contributed by atoms with Gasteiger partial charge in [-0.25, -0.2) is 0 Å². The first-order valence-electron chi connectivity index (χ1n) is 5.22. The molecule has 2 nitrogen and oxygen atoms in total. The highest BCUT2D eigenvalue weighted by molar-refractivity contribution is 5.55. The van der Waals surface area contributed by atoms with E-state index in [1.165, 1.54) is 30.4 Å². The number of hydrogen-bond donors (Lipinski definition) is 0. The van der Waals surface area contributed by atoms with Gasteiger partial charge >= 0.3 is 0 Å².